The minimum absolute atomic E-state index is 0.123. The van der Waals surface area contributed by atoms with Gasteiger partial charge in [0.05, 0.1) is 6.21 Å². The lowest BCUT2D eigenvalue weighted by molar-refractivity contribution is -0.132. The molecule has 152 valence electrons. The fourth-order valence-corrected chi connectivity index (χ4v) is 2.33. The van der Waals surface area contributed by atoms with Gasteiger partial charge < -0.3 is 14.2 Å². The van der Waals surface area contributed by atoms with E-state index in [-0.39, 0.29) is 11.5 Å². The zero-order valence-electron chi connectivity index (χ0n) is 16.0. The van der Waals surface area contributed by atoms with E-state index in [1.54, 1.807) is 31.2 Å². The number of hydrogen-bond donors (Lipinski definition) is 1. The molecule has 0 bridgehead atoms. The van der Waals surface area contributed by atoms with Crippen molar-refractivity contribution in [2.75, 3.05) is 0 Å². The Balaban J connectivity index is 2.04. The van der Waals surface area contributed by atoms with Gasteiger partial charge in [-0.1, -0.05) is 17.7 Å². The van der Waals surface area contributed by atoms with Gasteiger partial charge in [0.25, 0.3) is 5.91 Å². The van der Waals surface area contributed by atoms with Crippen LogP contribution in [0.5, 0.6) is 17.2 Å². The highest BCUT2D eigenvalue weighted by Gasteiger charge is 2.14. The quantitative estimate of drug-likeness (QED) is 0.321. The van der Waals surface area contributed by atoms with Crippen LogP contribution in [0.3, 0.4) is 0 Å². The number of ether oxygens (including phenoxy) is 3. The summed E-state index contributed by atoms with van der Waals surface area (Å²) in [7, 11) is 0. The zero-order valence-corrected chi connectivity index (χ0v) is 16.7. The van der Waals surface area contributed by atoms with Crippen molar-refractivity contribution in [3.05, 3.63) is 53.1 Å². The first kappa shape index (κ1) is 21.9. The van der Waals surface area contributed by atoms with Gasteiger partial charge in [0.2, 0.25) is 0 Å². The molecule has 0 aliphatic heterocycles. The molecule has 0 radical (unpaired) electrons. The predicted octanol–water partition coefficient (Wildman–Crippen LogP) is 3.11. The van der Waals surface area contributed by atoms with E-state index in [2.05, 4.69) is 10.5 Å². The number of hydrogen-bond acceptors (Lipinski definition) is 7. The molecule has 2 aromatic carbocycles. The van der Waals surface area contributed by atoms with Gasteiger partial charge in [-0.2, -0.15) is 5.10 Å². The van der Waals surface area contributed by atoms with E-state index >= 15 is 0 Å². The van der Waals surface area contributed by atoms with E-state index in [1.807, 2.05) is 0 Å². The summed E-state index contributed by atoms with van der Waals surface area (Å²) >= 11 is 5.88. The number of nitrogens with one attached hydrogen (secondary N) is 1. The van der Waals surface area contributed by atoms with E-state index in [0.29, 0.717) is 16.3 Å². The lowest BCUT2D eigenvalue weighted by Gasteiger charge is -2.13. The van der Waals surface area contributed by atoms with E-state index in [4.69, 9.17) is 25.8 Å². The van der Waals surface area contributed by atoms with Gasteiger partial charge in [0.15, 0.2) is 6.10 Å². The second-order valence-electron chi connectivity index (χ2n) is 5.84. The smallest absolute Gasteiger partial charge is 0.308 e. The first-order valence-electron chi connectivity index (χ1n) is 8.50. The molecule has 1 atom stereocenters. The lowest BCUT2D eigenvalue weighted by Crippen LogP contribution is -2.33. The number of carbonyl (C=O) groups is 3. The van der Waals surface area contributed by atoms with E-state index < -0.39 is 23.9 Å². The average molecular weight is 419 g/mol. The Hall–Kier alpha value is -3.39. The third-order valence-corrected chi connectivity index (χ3v) is 3.59. The van der Waals surface area contributed by atoms with Gasteiger partial charge in [-0.15, -0.1) is 0 Å². The van der Waals surface area contributed by atoms with Crippen molar-refractivity contribution < 1.29 is 28.6 Å². The highest BCUT2D eigenvalue weighted by atomic mass is 35.5. The zero-order chi connectivity index (χ0) is 21.4. The summed E-state index contributed by atoms with van der Waals surface area (Å²) in [6, 6.07) is 11.1. The molecule has 1 amide bonds. The van der Waals surface area contributed by atoms with E-state index in [0.717, 1.165) is 0 Å². The Morgan fingerprint density at radius 1 is 1.03 bits per heavy atom. The summed E-state index contributed by atoms with van der Waals surface area (Å²) < 4.78 is 15.6. The molecule has 0 aliphatic rings. The number of rotatable bonds is 7. The number of benzene rings is 2. The fraction of sp³-hybridized carbons (Fsp3) is 0.200. The second kappa shape index (κ2) is 10.2. The van der Waals surface area contributed by atoms with E-state index in [9.17, 15) is 14.4 Å². The molecule has 0 fully saturated rings. The van der Waals surface area contributed by atoms with Crippen molar-refractivity contribution >= 4 is 35.7 Å². The highest BCUT2D eigenvalue weighted by molar-refractivity contribution is 6.30. The highest BCUT2D eigenvalue weighted by Crippen LogP contribution is 2.24. The summed E-state index contributed by atoms with van der Waals surface area (Å²) in [5, 5.41) is 4.34. The van der Waals surface area contributed by atoms with Crippen LogP contribution >= 0.6 is 11.6 Å². The van der Waals surface area contributed by atoms with Gasteiger partial charge in [0.1, 0.15) is 17.2 Å². The van der Waals surface area contributed by atoms with E-state index in [1.165, 1.54) is 38.3 Å². The van der Waals surface area contributed by atoms with Gasteiger partial charge in [-0.25, -0.2) is 5.43 Å². The van der Waals surface area contributed by atoms with Crippen molar-refractivity contribution in [2.24, 2.45) is 5.10 Å². The van der Waals surface area contributed by atoms with Crippen LogP contribution in [0.1, 0.15) is 26.3 Å². The SMILES string of the molecule is CC(=O)Oc1ccc(/C=N\NC(=O)[C@H](C)Oc2cccc(Cl)c2)c(OC(C)=O)c1. The standard InChI is InChI=1S/C20H19ClN2O6/c1-12(27-17-6-4-5-16(21)9-17)20(26)23-22-11-15-7-8-18(28-13(2)24)10-19(15)29-14(3)25/h4-12H,1-3H3,(H,23,26)/b22-11-/t12-/m0/s1. The van der Waals surface area contributed by atoms with Crippen LogP contribution in [0.4, 0.5) is 0 Å². The molecule has 8 nitrogen and oxygen atoms in total. The molecule has 2 aromatic rings. The molecule has 9 heteroatoms. The normalized spacial score (nSPS) is 11.6. The average Bonchev–Trinajstić information content (AvgIpc) is 2.62. The Bertz CT molecular complexity index is 944. The van der Waals surface area contributed by atoms with Crippen LogP contribution in [0.2, 0.25) is 5.02 Å². The fourth-order valence-electron chi connectivity index (χ4n) is 2.15. The monoisotopic (exact) mass is 418 g/mol. The van der Waals surface area contributed by atoms with Crippen molar-refractivity contribution in [3.8, 4) is 17.2 Å². The minimum atomic E-state index is -0.829. The molecule has 1 N–H and O–H groups in total. The molecule has 0 saturated heterocycles. The maximum Gasteiger partial charge on any atom is 0.308 e. The molecular weight excluding hydrogens is 400 g/mol. The summed E-state index contributed by atoms with van der Waals surface area (Å²) in [5.41, 5.74) is 2.73. The molecule has 0 aliphatic carbocycles. The first-order chi connectivity index (χ1) is 13.7. The number of esters is 2. The molecule has 0 spiro atoms. The summed E-state index contributed by atoms with van der Waals surface area (Å²) in [6.07, 6.45) is 0.463. The van der Waals surface area contributed by atoms with Crippen molar-refractivity contribution in [1.29, 1.82) is 0 Å². The number of nitrogens with zero attached hydrogens (tertiary/aromatic N) is 1. The summed E-state index contributed by atoms with van der Waals surface area (Å²) in [6.45, 7) is 4.04. The van der Waals surface area contributed by atoms with Crippen molar-refractivity contribution in [2.45, 2.75) is 26.9 Å². The summed E-state index contributed by atoms with van der Waals surface area (Å²) in [5.74, 6) is -0.793. The minimum Gasteiger partial charge on any atom is -0.481 e. The maximum absolute atomic E-state index is 12.1. The van der Waals surface area contributed by atoms with Crippen LogP contribution in [0.25, 0.3) is 0 Å². The van der Waals surface area contributed by atoms with Crippen LogP contribution in [0.15, 0.2) is 47.6 Å². The third-order valence-electron chi connectivity index (χ3n) is 3.36. The molecule has 0 saturated carbocycles. The van der Waals surface area contributed by atoms with Crippen LogP contribution in [-0.4, -0.2) is 30.2 Å². The van der Waals surface area contributed by atoms with Crippen molar-refractivity contribution in [3.63, 3.8) is 0 Å². The van der Waals surface area contributed by atoms with Gasteiger partial charge in [-0.3, -0.25) is 14.4 Å². The lowest BCUT2D eigenvalue weighted by atomic mass is 10.2. The number of halogens is 1. The topological polar surface area (TPSA) is 103 Å². The Labute approximate surface area is 172 Å². The first-order valence-corrected chi connectivity index (χ1v) is 8.88. The Morgan fingerprint density at radius 3 is 2.41 bits per heavy atom. The molecular formula is C20H19ClN2O6. The molecule has 2 rings (SSSR count). The molecule has 0 aromatic heterocycles. The van der Waals surface area contributed by atoms with Gasteiger partial charge >= 0.3 is 11.9 Å². The molecule has 0 unspecified atom stereocenters. The largest absolute Gasteiger partial charge is 0.481 e. The number of hydrazone groups is 1. The van der Waals surface area contributed by atoms with Gasteiger partial charge in [0, 0.05) is 30.5 Å². The molecule has 29 heavy (non-hydrogen) atoms. The Kier molecular flexibility index (Phi) is 7.73. The summed E-state index contributed by atoms with van der Waals surface area (Å²) in [4.78, 5) is 34.5. The van der Waals surface area contributed by atoms with Crippen LogP contribution in [0, 0.1) is 0 Å². The predicted molar refractivity (Wildman–Crippen MR) is 106 cm³/mol. The second-order valence-corrected chi connectivity index (χ2v) is 6.28. The number of carbonyl (C=O) groups excluding carboxylic acids is 3. The molecule has 0 heterocycles. The third kappa shape index (κ3) is 7.27. The maximum atomic E-state index is 12.1. The number of amides is 1. The van der Waals surface area contributed by atoms with Crippen molar-refractivity contribution in [1.82, 2.24) is 5.43 Å². The van der Waals surface area contributed by atoms with Crippen LogP contribution < -0.4 is 19.6 Å². The Morgan fingerprint density at radius 2 is 1.76 bits per heavy atom. The van der Waals surface area contributed by atoms with Gasteiger partial charge in [-0.05, 0) is 37.3 Å². The van der Waals surface area contributed by atoms with Crippen LogP contribution in [-0.2, 0) is 14.4 Å².